The zero-order chi connectivity index (χ0) is 18.3. The maximum atomic E-state index is 11.4. The summed E-state index contributed by atoms with van der Waals surface area (Å²) in [5, 5.41) is 12.2. The third-order valence-corrected chi connectivity index (χ3v) is 4.90. The van der Waals surface area contributed by atoms with Crippen molar-refractivity contribution < 1.29 is 9.66 Å². The van der Waals surface area contributed by atoms with Crippen LogP contribution in [0.5, 0.6) is 5.75 Å². The van der Waals surface area contributed by atoms with Crippen LogP contribution in [0.4, 0.5) is 11.4 Å². The lowest BCUT2D eigenvalue weighted by atomic mass is 9.97. The summed E-state index contributed by atoms with van der Waals surface area (Å²) in [5.41, 5.74) is 4.73. The molecule has 0 aliphatic carbocycles. The van der Waals surface area contributed by atoms with Gasteiger partial charge in [0, 0.05) is 41.5 Å². The summed E-state index contributed by atoms with van der Waals surface area (Å²) >= 11 is 0. The molecule has 26 heavy (non-hydrogen) atoms. The van der Waals surface area contributed by atoms with Gasteiger partial charge in [-0.15, -0.1) is 0 Å². The molecule has 0 bridgehead atoms. The van der Waals surface area contributed by atoms with Crippen LogP contribution < -0.4 is 9.64 Å². The number of anilines is 1. The van der Waals surface area contributed by atoms with E-state index in [1.807, 2.05) is 31.2 Å². The highest BCUT2D eigenvalue weighted by molar-refractivity contribution is 5.97. The first-order chi connectivity index (χ1) is 12.6. The van der Waals surface area contributed by atoms with E-state index in [1.54, 1.807) is 13.2 Å². The summed E-state index contributed by atoms with van der Waals surface area (Å²) < 4.78 is 5.48. The maximum absolute atomic E-state index is 11.4. The molecular weight excluding hydrogens is 330 g/mol. The Morgan fingerprint density at radius 2 is 2.04 bits per heavy atom. The van der Waals surface area contributed by atoms with E-state index in [1.165, 1.54) is 17.2 Å². The number of pyridine rings is 1. The molecule has 0 fully saturated rings. The van der Waals surface area contributed by atoms with Gasteiger partial charge in [-0.25, -0.2) is 4.98 Å². The second-order valence-electron chi connectivity index (χ2n) is 6.48. The predicted octanol–water partition coefficient (Wildman–Crippen LogP) is 4.02. The molecule has 0 atom stereocenters. The van der Waals surface area contributed by atoms with Gasteiger partial charge in [-0.05, 0) is 31.0 Å². The Morgan fingerprint density at radius 3 is 2.81 bits per heavy atom. The fraction of sp³-hybridized carbons (Fsp3) is 0.250. The fourth-order valence-electron chi connectivity index (χ4n) is 3.72. The van der Waals surface area contributed by atoms with Crippen molar-refractivity contribution in [1.29, 1.82) is 0 Å². The first-order valence-electron chi connectivity index (χ1n) is 8.53. The topological polar surface area (TPSA) is 68.5 Å². The lowest BCUT2D eigenvalue weighted by molar-refractivity contribution is -0.383. The van der Waals surface area contributed by atoms with E-state index < -0.39 is 0 Å². The van der Waals surface area contributed by atoms with Gasteiger partial charge in [0.25, 0.3) is 5.69 Å². The van der Waals surface area contributed by atoms with Crippen LogP contribution in [0.2, 0.25) is 0 Å². The minimum Gasteiger partial charge on any atom is -0.496 e. The van der Waals surface area contributed by atoms with Gasteiger partial charge < -0.3 is 9.64 Å². The minimum atomic E-state index is -0.366. The van der Waals surface area contributed by atoms with Crippen LogP contribution in [-0.4, -0.2) is 23.6 Å². The van der Waals surface area contributed by atoms with Crippen molar-refractivity contribution in [3.05, 3.63) is 69.4 Å². The van der Waals surface area contributed by atoms with Crippen LogP contribution in [0.15, 0.2) is 42.5 Å². The zero-order valence-corrected chi connectivity index (χ0v) is 14.7. The number of benzene rings is 2. The number of nitro groups is 1. The highest BCUT2D eigenvalue weighted by Crippen LogP contribution is 2.36. The summed E-state index contributed by atoms with van der Waals surface area (Å²) in [6, 6.07) is 13.3. The van der Waals surface area contributed by atoms with Crippen molar-refractivity contribution in [2.75, 3.05) is 18.6 Å². The Balaban J connectivity index is 1.83. The minimum absolute atomic E-state index is 0.0477. The SMILES string of the molecule is COc1cccc2c1CCN(c1cc(C)nc3c([N+](=O)[O-])cccc13)C2. The number of ether oxygens (including phenoxy) is 1. The molecular formula is C20H19N3O3. The normalized spacial score (nSPS) is 13.5. The Bertz CT molecular complexity index is 1020. The Hall–Kier alpha value is -3.15. The van der Waals surface area contributed by atoms with E-state index >= 15 is 0 Å². The Morgan fingerprint density at radius 1 is 1.23 bits per heavy atom. The molecule has 4 rings (SSSR count). The molecule has 2 aromatic carbocycles. The van der Waals surface area contributed by atoms with Crippen LogP contribution in [0.1, 0.15) is 16.8 Å². The van der Waals surface area contributed by atoms with Gasteiger partial charge in [-0.3, -0.25) is 10.1 Å². The number of methoxy groups -OCH3 is 1. The van der Waals surface area contributed by atoms with Crippen molar-refractivity contribution in [3.63, 3.8) is 0 Å². The number of rotatable bonds is 3. The van der Waals surface area contributed by atoms with Crippen LogP contribution in [0, 0.1) is 17.0 Å². The molecule has 1 aliphatic rings. The number of aryl methyl sites for hydroxylation is 1. The zero-order valence-electron chi connectivity index (χ0n) is 14.7. The average Bonchev–Trinajstić information content (AvgIpc) is 2.65. The number of nitro benzene ring substituents is 1. The number of aromatic nitrogens is 1. The Kier molecular flexibility index (Phi) is 3.95. The van der Waals surface area contributed by atoms with E-state index in [-0.39, 0.29) is 10.6 Å². The third kappa shape index (κ3) is 2.63. The van der Waals surface area contributed by atoms with E-state index in [4.69, 9.17) is 4.74 Å². The molecule has 0 unspecified atom stereocenters. The number of para-hydroxylation sites is 1. The van der Waals surface area contributed by atoms with Gasteiger partial charge in [0.05, 0.1) is 12.0 Å². The molecule has 0 N–H and O–H groups in total. The van der Waals surface area contributed by atoms with Gasteiger partial charge in [0.2, 0.25) is 0 Å². The second-order valence-corrected chi connectivity index (χ2v) is 6.48. The summed E-state index contributed by atoms with van der Waals surface area (Å²) in [5.74, 6) is 0.925. The van der Waals surface area contributed by atoms with Crippen LogP contribution in [-0.2, 0) is 13.0 Å². The largest absolute Gasteiger partial charge is 0.496 e. The lowest BCUT2D eigenvalue weighted by Gasteiger charge is -2.32. The average molecular weight is 349 g/mol. The van der Waals surface area contributed by atoms with Gasteiger partial charge in [0.1, 0.15) is 5.75 Å². The number of nitrogens with zero attached hydrogens (tertiary/aromatic N) is 3. The summed E-state index contributed by atoms with van der Waals surface area (Å²) in [6.07, 6.45) is 0.872. The lowest BCUT2D eigenvalue weighted by Crippen LogP contribution is -2.30. The second kappa shape index (κ2) is 6.29. The highest BCUT2D eigenvalue weighted by atomic mass is 16.6. The van der Waals surface area contributed by atoms with Crippen molar-refractivity contribution >= 4 is 22.3 Å². The quantitative estimate of drug-likeness (QED) is 0.528. The first-order valence-corrected chi connectivity index (χ1v) is 8.53. The summed E-state index contributed by atoms with van der Waals surface area (Å²) in [7, 11) is 1.70. The molecule has 0 radical (unpaired) electrons. The van der Waals surface area contributed by atoms with Crippen LogP contribution in [0.25, 0.3) is 10.9 Å². The van der Waals surface area contributed by atoms with Crippen LogP contribution >= 0.6 is 0 Å². The number of hydrogen-bond donors (Lipinski definition) is 0. The molecule has 0 spiro atoms. The monoisotopic (exact) mass is 349 g/mol. The molecule has 1 aromatic heterocycles. The third-order valence-electron chi connectivity index (χ3n) is 4.90. The van der Waals surface area contributed by atoms with Crippen molar-refractivity contribution in [3.8, 4) is 5.75 Å². The molecule has 6 heteroatoms. The molecule has 0 amide bonds. The molecule has 132 valence electrons. The molecule has 3 aromatic rings. The van der Waals surface area contributed by atoms with E-state index in [0.717, 1.165) is 42.0 Å². The van der Waals surface area contributed by atoms with E-state index in [9.17, 15) is 10.1 Å². The number of non-ortho nitro benzene ring substituents is 1. The van der Waals surface area contributed by atoms with Crippen molar-refractivity contribution in [2.45, 2.75) is 19.9 Å². The standard InChI is InChI=1S/C20H19N3O3/c1-13-11-18(16-6-4-7-17(23(24)25)20(16)21-13)22-10-9-15-14(12-22)5-3-8-19(15)26-2/h3-8,11H,9-10,12H2,1-2H3. The molecule has 1 aliphatic heterocycles. The molecule has 0 saturated heterocycles. The van der Waals surface area contributed by atoms with Crippen LogP contribution in [0.3, 0.4) is 0 Å². The predicted molar refractivity (Wildman–Crippen MR) is 101 cm³/mol. The van der Waals surface area contributed by atoms with E-state index in [0.29, 0.717) is 5.52 Å². The van der Waals surface area contributed by atoms with Crippen molar-refractivity contribution in [1.82, 2.24) is 4.98 Å². The summed E-state index contributed by atoms with van der Waals surface area (Å²) in [4.78, 5) is 17.7. The summed E-state index contributed by atoms with van der Waals surface area (Å²) in [6.45, 7) is 3.45. The molecule has 2 heterocycles. The molecule has 0 saturated carbocycles. The molecule has 6 nitrogen and oxygen atoms in total. The Labute approximate surface area is 151 Å². The number of fused-ring (bicyclic) bond motifs is 2. The first kappa shape index (κ1) is 16.3. The van der Waals surface area contributed by atoms with Gasteiger partial charge in [-0.1, -0.05) is 24.3 Å². The fourth-order valence-corrected chi connectivity index (χ4v) is 3.72. The maximum Gasteiger partial charge on any atom is 0.295 e. The number of hydrogen-bond acceptors (Lipinski definition) is 5. The van der Waals surface area contributed by atoms with E-state index in [2.05, 4.69) is 16.0 Å². The van der Waals surface area contributed by atoms with Gasteiger partial charge >= 0.3 is 0 Å². The van der Waals surface area contributed by atoms with Gasteiger partial charge in [-0.2, -0.15) is 0 Å². The van der Waals surface area contributed by atoms with Crippen molar-refractivity contribution in [2.24, 2.45) is 0 Å². The highest BCUT2D eigenvalue weighted by Gasteiger charge is 2.23. The van der Waals surface area contributed by atoms with Gasteiger partial charge in [0.15, 0.2) is 5.52 Å². The smallest absolute Gasteiger partial charge is 0.295 e.